The highest BCUT2D eigenvalue weighted by atomic mass is 16.7. The zero-order valence-corrected chi connectivity index (χ0v) is 38.8. The Kier molecular flexibility index (Phi) is 13.6. The summed E-state index contributed by atoms with van der Waals surface area (Å²) in [6.45, 7) is 12.0. The molecule has 11 N–H and O–H groups in total. The first kappa shape index (κ1) is 50.5. The number of aliphatic hydroxyl groups is 10. The summed E-state index contributed by atoms with van der Waals surface area (Å²) in [5.74, 6) is -2.26. The van der Waals surface area contributed by atoms with Crippen molar-refractivity contribution < 1.29 is 94.2 Å². The molecule has 5 aliphatic carbocycles. The first-order chi connectivity index (χ1) is 30.8. The second-order valence-corrected chi connectivity index (χ2v) is 22.9. The molecule has 23 atom stereocenters. The number of fused-ring (bicyclic) bond motifs is 7. The van der Waals surface area contributed by atoms with Gasteiger partial charge in [0.15, 0.2) is 18.7 Å². The average Bonchev–Trinajstić information content (AvgIpc) is 3.26. The van der Waals surface area contributed by atoms with Gasteiger partial charge in [-0.25, -0.2) is 4.79 Å². The minimum absolute atomic E-state index is 0.0965. The van der Waals surface area contributed by atoms with Crippen LogP contribution in [0.25, 0.3) is 0 Å². The van der Waals surface area contributed by atoms with Gasteiger partial charge in [0, 0.05) is 5.41 Å². The van der Waals surface area contributed by atoms with Gasteiger partial charge in [-0.3, -0.25) is 4.79 Å². The van der Waals surface area contributed by atoms with Crippen LogP contribution in [0.4, 0.5) is 0 Å². The van der Waals surface area contributed by atoms with Crippen molar-refractivity contribution in [3.05, 3.63) is 11.6 Å². The van der Waals surface area contributed by atoms with Crippen LogP contribution >= 0.6 is 0 Å². The Balaban J connectivity index is 1.04. The van der Waals surface area contributed by atoms with Crippen LogP contribution < -0.4 is 0 Å². The molecule has 3 saturated heterocycles. The lowest BCUT2D eigenvalue weighted by Crippen LogP contribution is -2.67. The first-order valence-electron chi connectivity index (χ1n) is 23.9. The summed E-state index contributed by atoms with van der Waals surface area (Å²) in [7, 11) is 0. The van der Waals surface area contributed by atoms with E-state index >= 15 is 0 Å². The highest BCUT2D eigenvalue weighted by Gasteiger charge is 2.70. The van der Waals surface area contributed by atoms with Crippen LogP contribution in [0.5, 0.6) is 0 Å². The van der Waals surface area contributed by atoms with E-state index in [1.807, 2.05) is 6.92 Å². The fraction of sp³-hybridized carbons (Fsp3) is 0.915. The van der Waals surface area contributed by atoms with Crippen LogP contribution in [0, 0.1) is 50.2 Å². The van der Waals surface area contributed by atoms with Crippen molar-refractivity contribution >= 4 is 11.9 Å². The molecule has 0 aromatic heterocycles. The molecular weight excluding hydrogens is 868 g/mol. The smallest absolute Gasteiger partial charge is 0.335 e. The summed E-state index contributed by atoms with van der Waals surface area (Å²) in [5.41, 5.74) is -1.66. The van der Waals surface area contributed by atoms with Gasteiger partial charge in [-0.05, 0) is 104 Å². The number of rotatable bonds is 9. The molecule has 19 nitrogen and oxygen atoms in total. The van der Waals surface area contributed by atoms with E-state index in [-0.39, 0.29) is 46.0 Å². The van der Waals surface area contributed by atoms with Gasteiger partial charge >= 0.3 is 11.9 Å². The van der Waals surface area contributed by atoms with Gasteiger partial charge in [0.1, 0.15) is 61.0 Å². The molecule has 0 bridgehead atoms. The highest BCUT2D eigenvalue weighted by molar-refractivity contribution is 5.79. The summed E-state index contributed by atoms with van der Waals surface area (Å²) in [5, 5.41) is 116. The molecule has 8 rings (SSSR count). The first-order valence-corrected chi connectivity index (χ1v) is 23.9. The van der Waals surface area contributed by atoms with E-state index in [0.717, 1.165) is 19.3 Å². The minimum atomic E-state index is -1.95. The van der Waals surface area contributed by atoms with Crippen molar-refractivity contribution in [2.24, 2.45) is 50.2 Å². The maximum atomic E-state index is 14.7. The number of aliphatic hydroxyl groups excluding tert-OH is 10. The number of ether oxygens (including phenoxy) is 6. The molecule has 3 aliphatic heterocycles. The molecule has 0 radical (unpaired) electrons. The average molecular weight is 943 g/mol. The summed E-state index contributed by atoms with van der Waals surface area (Å²) in [6, 6.07) is 0. The molecule has 376 valence electrons. The van der Waals surface area contributed by atoms with Crippen LogP contribution in [0.2, 0.25) is 0 Å². The third-order valence-corrected chi connectivity index (χ3v) is 19.0. The lowest BCUT2D eigenvalue weighted by molar-refractivity contribution is -0.358. The van der Waals surface area contributed by atoms with Crippen molar-refractivity contribution in [2.45, 2.75) is 198 Å². The van der Waals surface area contributed by atoms with Gasteiger partial charge in [-0.1, -0.05) is 53.2 Å². The predicted molar refractivity (Wildman–Crippen MR) is 226 cm³/mol. The van der Waals surface area contributed by atoms with E-state index in [4.69, 9.17) is 28.4 Å². The Bertz CT molecular complexity index is 1850. The van der Waals surface area contributed by atoms with Crippen LogP contribution in [-0.2, 0) is 38.0 Å². The molecule has 8 aliphatic rings. The predicted octanol–water partition coefficient (Wildman–Crippen LogP) is -0.156. The number of hydrogen-bond donors (Lipinski definition) is 11. The Morgan fingerprint density at radius 1 is 0.712 bits per heavy atom. The van der Waals surface area contributed by atoms with Crippen LogP contribution in [-0.4, -0.2) is 180 Å². The van der Waals surface area contributed by atoms with Gasteiger partial charge in [0.05, 0.1) is 31.3 Å². The number of allylic oxidation sites excluding steroid dienone is 2. The Morgan fingerprint density at radius 3 is 2.06 bits per heavy atom. The Hall–Kier alpha value is -1.92. The fourth-order valence-electron chi connectivity index (χ4n) is 14.8. The molecule has 19 heteroatoms. The van der Waals surface area contributed by atoms with Crippen molar-refractivity contribution in [3.63, 3.8) is 0 Å². The molecular formula is C47H74O19. The Morgan fingerprint density at radius 2 is 1.39 bits per heavy atom. The summed E-state index contributed by atoms with van der Waals surface area (Å²) >= 11 is 0. The highest BCUT2D eigenvalue weighted by Crippen LogP contribution is 2.76. The topological polar surface area (TPSA) is 312 Å². The van der Waals surface area contributed by atoms with E-state index in [9.17, 15) is 65.8 Å². The number of carboxylic acids is 1. The summed E-state index contributed by atoms with van der Waals surface area (Å²) in [6.07, 6.45) is -15.3. The third kappa shape index (κ3) is 7.73. The molecule has 0 spiro atoms. The number of carbonyl (C=O) groups is 2. The van der Waals surface area contributed by atoms with E-state index in [1.165, 1.54) is 5.57 Å². The van der Waals surface area contributed by atoms with Crippen LogP contribution in [0.1, 0.15) is 106 Å². The molecule has 0 aromatic carbocycles. The zero-order chi connectivity index (χ0) is 48.3. The van der Waals surface area contributed by atoms with Gasteiger partial charge < -0.3 is 84.6 Å². The van der Waals surface area contributed by atoms with Gasteiger partial charge in [-0.15, -0.1) is 0 Å². The van der Waals surface area contributed by atoms with Crippen molar-refractivity contribution in [3.8, 4) is 0 Å². The SMILES string of the molecule is CC1(C)CC[C@]2(C(=O)O[C@@H]3O[C@H](CO)[C@@H](O)[C@H](O)[C@H]3O)CC[C@]3(C)C(=CC[C@@H]4[C@@]5(C)CC[C@H](O[C@@H]6O[C@H](C(=O)O)[C@@H](O)[C@H](O[C@@H]7OC[C@@H](O)[C@H](O)[C@H]7O)[C@H]6O)[C@@](C)(CO)[C@@H]5CC[C@]43C)[C@H]2C1. The number of esters is 1. The van der Waals surface area contributed by atoms with Crippen molar-refractivity contribution in [1.29, 1.82) is 0 Å². The lowest BCUT2D eigenvalue weighted by Gasteiger charge is -2.71. The standard InChI is InChI=1S/C47H74O19/c1-42(2)13-15-47(41(60)66-39-32(55)30(53)29(52)24(18-48)62-39)16-14-45(5)21(22(47)17-42)7-8-26-43(3)11-10-27(44(4,20-49)25(43)9-12-46(26,45)6)63-40-34(57)35(33(56)36(65-40)37(58)59)64-38-31(54)28(51)23(50)19-61-38/h7,22-36,38-40,48-57H,8-20H2,1-6H3,(H,58,59)/t22-,23-,24-,25-,26-,27+,28+,29-,30+,31-,32-,33+,34-,35+,36+,38+,39+,40-,43+,44+,45-,46-,47+/m1/s1. The molecule has 0 amide bonds. The molecule has 66 heavy (non-hydrogen) atoms. The molecule has 0 aromatic rings. The van der Waals surface area contributed by atoms with Gasteiger partial charge in [0.2, 0.25) is 6.29 Å². The second kappa shape index (κ2) is 17.7. The van der Waals surface area contributed by atoms with E-state index in [1.54, 1.807) is 0 Å². The van der Waals surface area contributed by atoms with Crippen LogP contribution in [0.15, 0.2) is 11.6 Å². The monoisotopic (exact) mass is 942 g/mol. The molecule has 4 saturated carbocycles. The normalized spacial score (nSPS) is 53.5. The Labute approximate surface area is 385 Å². The van der Waals surface area contributed by atoms with Gasteiger partial charge in [0.25, 0.3) is 0 Å². The summed E-state index contributed by atoms with van der Waals surface area (Å²) in [4.78, 5) is 27.0. The zero-order valence-electron chi connectivity index (χ0n) is 38.8. The maximum absolute atomic E-state index is 14.7. The lowest BCUT2D eigenvalue weighted by atomic mass is 9.33. The number of carbonyl (C=O) groups excluding carboxylic acids is 1. The van der Waals surface area contributed by atoms with Crippen LogP contribution in [0.3, 0.4) is 0 Å². The third-order valence-electron chi connectivity index (χ3n) is 19.0. The number of hydrogen-bond acceptors (Lipinski definition) is 18. The van der Waals surface area contributed by atoms with E-state index < -0.39 is 128 Å². The molecule has 7 fully saturated rings. The minimum Gasteiger partial charge on any atom is -0.479 e. The van der Waals surface area contributed by atoms with Crippen molar-refractivity contribution in [2.75, 3.05) is 19.8 Å². The number of aliphatic carboxylic acids is 1. The van der Waals surface area contributed by atoms with E-state index in [2.05, 4.69) is 40.7 Å². The van der Waals surface area contributed by atoms with Crippen molar-refractivity contribution in [1.82, 2.24) is 0 Å². The molecule has 3 heterocycles. The fourth-order valence-corrected chi connectivity index (χ4v) is 14.8. The maximum Gasteiger partial charge on any atom is 0.335 e. The van der Waals surface area contributed by atoms with E-state index in [0.29, 0.717) is 44.9 Å². The second-order valence-electron chi connectivity index (χ2n) is 22.9. The largest absolute Gasteiger partial charge is 0.479 e. The quantitative estimate of drug-likeness (QED) is 0.0813. The molecule has 0 unspecified atom stereocenters. The number of carboxylic acid groups (broad SMARTS) is 1. The summed E-state index contributed by atoms with van der Waals surface area (Å²) < 4.78 is 34.9. The van der Waals surface area contributed by atoms with Gasteiger partial charge in [-0.2, -0.15) is 0 Å².